The largest absolute Gasteiger partial charge is 0.465 e. The molecule has 0 radical (unpaired) electrons. The third-order valence-electron chi connectivity index (χ3n) is 3.17. The molecule has 1 aliphatic heterocycles. The molecule has 1 heterocycles. The molecule has 2 rings (SSSR count). The number of carbonyl (C=O) groups is 2. The Kier molecular flexibility index (Phi) is 2.09. The average molecular weight is 198 g/mol. The highest BCUT2D eigenvalue weighted by atomic mass is 16.4. The number of likely N-dealkylation sites (N-methyl/N-ethyl adjacent to an activating group) is 1. The van der Waals surface area contributed by atoms with E-state index in [1.54, 1.807) is 4.90 Å². The molecule has 5 heteroatoms. The van der Waals surface area contributed by atoms with Gasteiger partial charge in [-0.3, -0.25) is 0 Å². The fourth-order valence-corrected chi connectivity index (χ4v) is 2.60. The van der Waals surface area contributed by atoms with Gasteiger partial charge in [-0.1, -0.05) is 0 Å². The number of rotatable bonds is 1. The summed E-state index contributed by atoms with van der Waals surface area (Å²) < 4.78 is 0. The minimum absolute atomic E-state index is 0.0973. The van der Waals surface area contributed by atoms with E-state index in [-0.39, 0.29) is 18.1 Å². The number of amides is 3. The highest BCUT2D eigenvalue weighted by Crippen LogP contribution is 2.35. The Hall–Kier alpha value is -1.26. The summed E-state index contributed by atoms with van der Waals surface area (Å²) in [5.41, 5.74) is 0. The number of urea groups is 1. The van der Waals surface area contributed by atoms with Crippen LogP contribution in [0.25, 0.3) is 0 Å². The zero-order valence-electron chi connectivity index (χ0n) is 8.14. The van der Waals surface area contributed by atoms with E-state index in [9.17, 15) is 9.59 Å². The molecule has 0 spiro atoms. The van der Waals surface area contributed by atoms with Crippen LogP contribution in [0.4, 0.5) is 9.59 Å². The van der Waals surface area contributed by atoms with Crippen LogP contribution < -0.4 is 0 Å². The zero-order valence-corrected chi connectivity index (χ0v) is 8.14. The molecule has 2 unspecified atom stereocenters. The second-order valence-corrected chi connectivity index (χ2v) is 3.79. The number of fused-ring (bicyclic) bond motifs is 1. The molecule has 14 heavy (non-hydrogen) atoms. The molecule has 2 aliphatic rings. The third kappa shape index (κ3) is 1.08. The van der Waals surface area contributed by atoms with E-state index in [2.05, 4.69) is 0 Å². The summed E-state index contributed by atoms with van der Waals surface area (Å²) in [5, 5.41) is 8.92. The van der Waals surface area contributed by atoms with Crippen molar-refractivity contribution in [3.63, 3.8) is 0 Å². The summed E-state index contributed by atoms with van der Waals surface area (Å²) in [6.07, 6.45) is 1.67. The van der Waals surface area contributed by atoms with Crippen molar-refractivity contribution in [2.24, 2.45) is 0 Å². The second-order valence-electron chi connectivity index (χ2n) is 3.79. The van der Waals surface area contributed by atoms with Gasteiger partial charge in [0.15, 0.2) is 0 Å². The molecule has 1 N–H and O–H groups in total. The van der Waals surface area contributed by atoms with E-state index in [1.165, 1.54) is 0 Å². The number of hydrogen-bond acceptors (Lipinski definition) is 2. The van der Waals surface area contributed by atoms with Crippen LogP contribution in [-0.2, 0) is 0 Å². The van der Waals surface area contributed by atoms with E-state index in [0.717, 1.165) is 24.2 Å². The van der Waals surface area contributed by atoms with Crippen molar-refractivity contribution in [2.45, 2.75) is 38.3 Å². The third-order valence-corrected chi connectivity index (χ3v) is 3.17. The van der Waals surface area contributed by atoms with Gasteiger partial charge < -0.3 is 10.0 Å². The van der Waals surface area contributed by atoms with Crippen molar-refractivity contribution in [3.8, 4) is 0 Å². The molecule has 0 aromatic carbocycles. The predicted molar refractivity (Wildman–Crippen MR) is 49.1 cm³/mol. The summed E-state index contributed by atoms with van der Waals surface area (Å²) in [4.78, 5) is 25.2. The summed E-state index contributed by atoms with van der Waals surface area (Å²) in [7, 11) is 0. The van der Waals surface area contributed by atoms with Crippen LogP contribution in [0.3, 0.4) is 0 Å². The molecule has 78 valence electrons. The summed E-state index contributed by atoms with van der Waals surface area (Å²) >= 11 is 0. The quantitative estimate of drug-likeness (QED) is 0.691. The lowest BCUT2D eigenvalue weighted by Gasteiger charge is -2.19. The van der Waals surface area contributed by atoms with Crippen LogP contribution in [0.15, 0.2) is 0 Å². The topological polar surface area (TPSA) is 60.9 Å². The van der Waals surface area contributed by atoms with Crippen LogP contribution in [0.1, 0.15) is 26.2 Å². The van der Waals surface area contributed by atoms with Crippen molar-refractivity contribution in [2.75, 3.05) is 6.54 Å². The molecule has 5 nitrogen and oxygen atoms in total. The minimum atomic E-state index is -1.11. The molecule has 3 amide bonds. The number of carboxylic acid groups (broad SMARTS) is 1. The van der Waals surface area contributed by atoms with E-state index in [4.69, 9.17) is 5.11 Å². The van der Waals surface area contributed by atoms with Crippen molar-refractivity contribution in [3.05, 3.63) is 0 Å². The van der Waals surface area contributed by atoms with Gasteiger partial charge in [0.1, 0.15) is 0 Å². The minimum Gasteiger partial charge on any atom is -0.465 e. The van der Waals surface area contributed by atoms with Gasteiger partial charge in [0.2, 0.25) is 0 Å². The Morgan fingerprint density at radius 3 is 2.71 bits per heavy atom. The summed E-state index contributed by atoms with van der Waals surface area (Å²) in [5.74, 6) is 0. The highest BCUT2D eigenvalue weighted by molar-refractivity contribution is 5.92. The monoisotopic (exact) mass is 198 g/mol. The molecular weight excluding hydrogens is 184 g/mol. The van der Waals surface area contributed by atoms with Crippen LogP contribution in [0.2, 0.25) is 0 Å². The van der Waals surface area contributed by atoms with E-state index in [0.29, 0.717) is 6.54 Å². The van der Waals surface area contributed by atoms with Crippen LogP contribution in [-0.4, -0.2) is 45.7 Å². The Labute approximate surface area is 82.3 Å². The van der Waals surface area contributed by atoms with Gasteiger partial charge in [-0.15, -0.1) is 0 Å². The maximum Gasteiger partial charge on any atom is 0.415 e. The van der Waals surface area contributed by atoms with Gasteiger partial charge in [0.05, 0.1) is 12.1 Å². The van der Waals surface area contributed by atoms with Crippen molar-refractivity contribution < 1.29 is 14.7 Å². The van der Waals surface area contributed by atoms with Gasteiger partial charge in [0, 0.05) is 6.54 Å². The Bertz CT molecular complexity index is 279. The van der Waals surface area contributed by atoms with Crippen molar-refractivity contribution in [1.29, 1.82) is 0 Å². The van der Waals surface area contributed by atoms with Gasteiger partial charge in [0.25, 0.3) is 0 Å². The number of imide groups is 1. The smallest absolute Gasteiger partial charge is 0.415 e. The predicted octanol–water partition coefficient (Wildman–Crippen LogP) is 1.34. The summed E-state index contributed by atoms with van der Waals surface area (Å²) in [6, 6.07) is -0.307. The normalized spacial score (nSPS) is 31.1. The molecular formula is C9H14N2O3. The van der Waals surface area contributed by atoms with Gasteiger partial charge in [-0.05, 0) is 26.2 Å². The van der Waals surface area contributed by atoms with Gasteiger partial charge in [-0.25, -0.2) is 14.5 Å². The molecule has 1 saturated heterocycles. The van der Waals surface area contributed by atoms with Crippen LogP contribution >= 0.6 is 0 Å². The first-order valence-electron chi connectivity index (χ1n) is 4.99. The lowest BCUT2D eigenvalue weighted by Crippen LogP contribution is -2.38. The Balaban J connectivity index is 2.27. The zero-order chi connectivity index (χ0) is 10.3. The fourth-order valence-electron chi connectivity index (χ4n) is 2.60. The first-order chi connectivity index (χ1) is 6.66. The number of hydrogen-bond donors (Lipinski definition) is 1. The number of nitrogens with zero attached hydrogens (tertiary/aromatic N) is 2. The van der Waals surface area contributed by atoms with Gasteiger partial charge >= 0.3 is 12.1 Å². The van der Waals surface area contributed by atoms with E-state index < -0.39 is 6.09 Å². The molecule has 0 aromatic rings. The number of carbonyl (C=O) groups excluding carboxylic acids is 1. The van der Waals surface area contributed by atoms with E-state index in [1.807, 2.05) is 6.92 Å². The molecule has 0 bridgehead atoms. The van der Waals surface area contributed by atoms with Crippen LogP contribution in [0.5, 0.6) is 0 Å². The SMILES string of the molecule is CCN1C(=O)N(C(=O)O)C2CCCC21. The molecule has 1 saturated carbocycles. The fraction of sp³-hybridized carbons (Fsp3) is 0.778. The lowest BCUT2D eigenvalue weighted by molar-refractivity contribution is 0.143. The maximum absolute atomic E-state index is 11.7. The molecule has 1 aliphatic carbocycles. The maximum atomic E-state index is 11.7. The van der Waals surface area contributed by atoms with Gasteiger partial charge in [-0.2, -0.15) is 0 Å². The first-order valence-corrected chi connectivity index (χ1v) is 4.99. The first kappa shape index (κ1) is 9.30. The van der Waals surface area contributed by atoms with Crippen molar-refractivity contribution in [1.82, 2.24) is 9.80 Å². The summed E-state index contributed by atoms with van der Waals surface area (Å²) in [6.45, 7) is 2.49. The lowest BCUT2D eigenvalue weighted by atomic mass is 10.2. The van der Waals surface area contributed by atoms with Crippen molar-refractivity contribution >= 4 is 12.1 Å². The Morgan fingerprint density at radius 1 is 1.50 bits per heavy atom. The second kappa shape index (κ2) is 3.15. The highest BCUT2D eigenvalue weighted by Gasteiger charge is 2.50. The Morgan fingerprint density at radius 2 is 2.14 bits per heavy atom. The van der Waals surface area contributed by atoms with Crippen LogP contribution in [0, 0.1) is 0 Å². The average Bonchev–Trinajstić information content (AvgIpc) is 2.62. The molecule has 2 fully saturated rings. The standard InChI is InChI=1S/C9H14N2O3/c1-2-10-6-4-3-5-7(6)11(8(10)12)9(13)14/h6-7H,2-5H2,1H3,(H,13,14). The van der Waals surface area contributed by atoms with E-state index >= 15 is 0 Å². The molecule has 2 atom stereocenters. The molecule has 0 aromatic heterocycles.